The Balaban J connectivity index is 1.41. The average Bonchev–Trinajstić information content (AvgIpc) is 3.13. The third-order valence-corrected chi connectivity index (χ3v) is 3.88. The van der Waals surface area contributed by atoms with Crippen LogP contribution in [0.5, 0.6) is 5.75 Å². The zero-order chi connectivity index (χ0) is 16.9. The molecule has 0 saturated heterocycles. The summed E-state index contributed by atoms with van der Waals surface area (Å²) in [6, 6.07) is 24.4. The molecular formula is C21H17N3O. The van der Waals surface area contributed by atoms with Crippen LogP contribution in [0.2, 0.25) is 0 Å². The molecule has 0 aliphatic rings. The number of benzene rings is 3. The molecule has 0 atom stereocenters. The third kappa shape index (κ3) is 3.75. The number of rotatable bonds is 5. The Morgan fingerprint density at radius 1 is 0.880 bits per heavy atom. The highest BCUT2D eigenvalue weighted by Gasteiger charge is 2.02. The second kappa shape index (κ2) is 7.01. The average molecular weight is 327 g/mol. The summed E-state index contributed by atoms with van der Waals surface area (Å²) in [6.07, 6.45) is 5.73. The monoisotopic (exact) mass is 327 g/mol. The first kappa shape index (κ1) is 15.1. The molecule has 0 bridgehead atoms. The topological polar surface area (TPSA) is 39.9 Å². The summed E-state index contributed by atoms with van der Waals surface area (Å²) in [4.78, 5) is 0. The molecule has 1 aromatic heterocycles. The van der Waals surface area contributed by atoms with Gasteiger partial charge in [-0.25, -0.2) is 4.68 Å². The maximum absolute atomic E-state index is 5.84. The van der Waals surface area contributed by atoms with E-state index in [0.717, 1.165) is 22.4 Å². The molecule has 0 N–H and O–H groups in total. The van der Waals surface area contributed by atoms with Crippen LogP contribution in [0, 0.1) is 0 Å². The van der Waals surface area contributed by atoms with Crippen LogP contribution in [0.3, 0.4) is 0 Å². The molecule has 0 fully saturated rings. The lowest BCUT2D eigenvalue weighted by Crippen LogP contribution is -1.95. The fourth-order valence-corrected chi connectivity index (χ4v) is 2.59. The first-order valence-corrected chi connectivity index (χ1v) is 8.12. The van der Waals surface area contributed by atoms with Gasteiger partial charge in [0.15, 0.2) is 0 Å². The van der Waals surface area contributed by atoms with Crippen molar-refractivity contribution in [2.75, 3.05) is 0 Å². The molecule has 0 radical (unpaired) electrons. The number of fused-ring (bicyclic) bond motifs is 1. The molecule has 0 spiro atoms. The van der Waals surface area contributed by atoms with E-state index in [1.807, 2.05) is 73.1 Å². The minimum absolute atomic E-state index is 0.386. The van der Waals surface area contributed by atoms with Crippen LogP contribution >= 0.6 is 0 Å². The fraction of sp³-hybridized carbons (Fsp3) is 0.0476. The SMILES string of the molecule is C(=C\n1cc(COc2ccc3ccccc3c2)nn1)/c1ccccc1. The number of hydrogen-bond donors (Lipinski definition) is 0. The van der Waals surface area contributed by atoms with Gasteiger partial charge in [0.2, 0.25) is 0 Å². The lowest BCUT2D eigenvalue weighted by atomic mass is 10.1. The van der Waals surface area contributed by atoms with Gasteiger partial charge in [0, 0.05) is 6.20 Å². The van der Waals surface area contributed by atoms with Gasteiger partial charge in [-0.05, 0) is 34.5 Å². The van der Waals surface area contributed by atoms with Crippen molar-refractivity contribution < 1.29 is 4.74 Å². The van der Waals surface area contributed by atoms with Gasteiger partial charge in [-0.15, -0.1) is 5.10 Å². The molecule has 1 heterocycles. The maximum Gasteiger partial charge on any atom is 0.134 e. The molecule has 4 rings (SSSR count). The Kier molecular flexibility index (Phi) is 4.25. The predicted molar refractivity (Wildman–Crippen MR) is 100.0 cm³/mol. The normalized spacial score (nSPS) is 11.2. The summed E-state index contributed by atoms with van der Waals surface area (Å²) in [5, 5.41) is 10.6. The Morgan fingerprint density at radius 3 is 2.56 bits per heavy atom. The molecule has 0 aliphatic heterocycles. The Labute approximate surface area is 146 Å². The van der Waals surface area contributed by atoms with Gasteiger partial charge in [-0.3, -0.25) is 0 Å². The highest BCUT2D eigenvalue weighted by Crippen LogP contribution is 2.21. The molecule has 0 amide bonds. The van der Waals surface area contributed by atoms with Crippen molar-refractivity contribution >= 4 is 23.0 Å². The molecule has 3 aromatic carbocycles. The van der Waals surface area contributed by atoms with Crippen LogP contribution in [0.25, 0.3) is 23.0 Å². The van der Waals surface area contributed by atoms with E-state index >= 15 is 0 Å². The van der Waals surface area contributed by atoms with Crippen molar-refractivity contribution in [3.63, 3.8) is 0 Å². The fourth-order valence-electron chi connectivity index (χ4n) is 2.59. The van der Waals surface area contributed by atoms with Crippen molar-refractivity contribution in [3.05, 3.63) is 90.3 Å². The van der Waals surface area contributed by atoms with Crippen LogP contribution in [0.4, 0.5) is 0 Å². The summed E-state index contributed by atoms with van der Waals surface area (Å²) in [7, 11) is 0. The highest BCUT2D eigenvalue weighted by atomic mass is 16.5. The quantitative estimate of drug-likeness (QED) is 0.536. The summed E-state index contributed by atoms with van der Waals surface area (Å²) in [6.45, 7) is 0.386. The van der Waals surface area contributed by atoms with Crippen molar-refractivity contribution in [3.8, 4) is 5.75 Å². The van der Waals surface area contributed by atoms with Crippen molar-refractivity contribution in [2.45, 2.75) is 6.61 Å². The molecule has 4 aromatic rings. The minimum Gasteiger partial charge on any atom is -0.487 e. The number of aromatic nitrogens is 3. The number of ether oxygens (including phenoxy) is 1. The second-order valence-electron chi connectivity index (χ2n) is 5.71. The molecular weight excluding hydrogens is 310 g/mol. The summed E-state index contributed by atoms with van der Waals surface area (Å²) in [5.41, 5.74) is 1.90. The summed E-state index contributed by atoms with van der Waals surface area (Å²) >= 11 is 0. The van der Waals surface area contributed by atoms with Crippen molar-refractivity contribution in [1.82, 2.24) is 15.0 Å². The Bertz CT molecular complexity index is 1010. The first-order valence-electron chi connectivity index (χ1n) is 8.12. The highest BCUT2D eigenvalue weighted by molar-refractivity contribution is 5.83. The Morgan fingerprint density at radius 2 is 1.68 bits per heavy atom. The van der Waals surface area contributed by atoms with Gasteiger partial charge in [0.25, 0.3) is 0 Å². The van der Waals surface area contributed by atoms with E-state index in [2.05, 4.69) is 28.5 Å². The van der Waals surface area contributed by atoms with Gasteiger partial charge in [-0.2, -0.15) is 0 Å². The first-order chi connectivity index (χ1) is 12.4. The summed E-state index contributed by atoms with van der Waals surface area (Å²) in [5.74, 6) is 0.827. The molecule has 0 aliphatic carbocycles. The third-order valence-electron chi connectivity index (χ3n) is 3.88. The van der Waals surface area contributed by atoms with Crippen LogP contribution < -0.4 is 4.74 Å². The molecule has 0 saturated carbocycles. The van der Waals surface area contributed by atoms with E-state index in [0.29, 0.717) is 6.61 Å². The lowest BCUT2D eigenvalue weighted by molar-refractivity contribution is 0.301. The molecule has 0 unspecified atom stereocenters. The lowest BCUT2D eigenvalue weighted by Gasteiger charge is -2.05. The van der Waals surface area contributed by atoms with Gasteiger partial charge in [0.05, 0.1) is 6.20 Å². The molecule has 25 heavy (non-hydrogen) atoms. The zero-order valence-electron chi connectivity index (χ0n) is 13.6. The number of nitrogens with zero attached hydrogens (tertiary/aromatic N) is 3. The van der Waals surface area contributed by atoms with Gasteiger partial charge in [-0.1, -0.05) is 65.9 Å². The van der Waals surface area contributed by atoms with E-state index in [-0.39, 0.29) is 0 Å². The van der Waals surface area contributed by atoms with E-state index in [9.17, 15) is 0 Å². The zero-order valence-corrected chi connectivity index (χ0v) is 13.6. The Hall–Kier alpha value is -3.40. The molecule has 4 nitrogen and oxygen atoms in total. The molecule has 4 heteroatoms. The van der Waals surface area contributed by atoms with E-state index in [4.69, 9.17) is 4.74 Å². The van der Waals surface area contributed by atoms with Crippen LogP contribution in [-0.4, -0.2) is 15.0 Å². The molecule has 122 valence electrons. The van der Waals surface area contributed by atoms with Gasteiger partial charge >= 0.3 is 0 Å². The number of hydrogen-bond acceptors (Lipinski definition) is 3. The van der Waals surface area contributed by atoms with Crippen LogP contribution in [0.15, 0.2) is 79.0 Å². The minimum atomic E-state index is 0.386. The second-order valence-corrected chi connectivity index (χ2v) is 5.71. The van der Waals surface area contributed by atoms with E-state index in [1.165, 1.54) is 5.39 Å². The van der Waals surface area contributed by atoms with Crippen LogP contribution in [-0.2, 0) is 6.61 Å². The van der Waals surface area contributed by atoms with Crippen molar-refractivity contribution in [1.29, 1.82) is 0 Å². The van der Waals surface area contributed by atoms with Crippen molar-refractivity contribution in [2.24, 2.45) is 0 Å². The van der Waals surface area contributed by atoms with Crippen LogP contribution in [0.1, 0.15) is 11.3 Å². The van der Waals surface area contributed by atoms with E-state index < -0.39 is 0 Å². The van der Waals surface area contributed by atoms with E-state index in [1.54, 1.807) is 4.68 Å². The maximum atomic E-state index is 5.84. The van der Waals surface area contributed by atoms with Gasteiger partial charge in [0.1, 0.15) is 18.1 Å². The van der Waals surface area contributed by atoms with Gasteiger partial charge < -0.3 is 4.74 Å². The summed E-state index contributed by atoms with van der Waals surface area (Å²) < 4.78 is 7.52. The predicted octanol–water partition coefficient (Wildman–Crippen LogP) is 4.64. The smallest absolute Gasteiger partial charge is 0.134 e. The largest absolute Gasteiger partial charge is 0.487 e. The standard InChI is InChI=1S/C21H17N3O/c1-2-6-17(7-3-1)12-13-24-15-20(22-23-24)16-25-21-11-10-18-8-4-5-9-19(18)14-21/h1-15H,16H2/b13-12+.